The third-order valence-corrected chi connectivity index (χ3v) is 1.86. The maximum atomic E-state index is 10.8. The molecule has 1 aromatic carbocycles. The first-order valence-electron chi connectivity index (χ1n) is 4.87. The van der Waals surface area contributed by atoms with E-state index in [4.69, 9.17) is 4.74 Å². The van der Waals surface area contributed by atoms with Crippen molar-refractivity contribution in [3.63, 3.8) is 0 Å². The molecule has 0 aliphatic rings. The normalized spacial score (nSPS) is 9.53. The van der Waals surface area contributed by atoms with Gasteiger partial charge in [0.2, 0.25) is 5.91 Å². The Hall–Kier alpha value is -1.71. The summed E-state index contributed by atoms with van der Waals surface area (Å²) in [4.78, 5) is 10.8. The Labute approximate surface area is 89.8 Å². The molecule has 0 aromatic heterocycles. The molecule has 1 aromatic rings. The highest BCUT2D eigenvalue weighted by atomic mass is 16.5. The predicted molar refractivity (Wildman–Crippen MR) is 59.8 cm³/mol. The summed E-state index contributed by atoms with van der Waals surface area (Å²) in [7, 11) is 1.79. The minimum absolute atomic E-state index is 0.0913. The van der Waals surface area contributed by atoms with Gasteiger partial charge in [0, 0.05) is 14.0 Å². The monoisotopic (exact) mass is 208 g/mol. The fourth-order valence-corrected chi connectivity index (χ4v) is 1.23. The van der Waals surface area contributed by atoms with E-state index in [1.807, 2.05) is 31.2 Å². The number of carbonyl (C=O) groups is 1. The molecule has 82 valence electrons. The van der Waals surface area contributed by atoms with Gasteiger partial charge in [-0.05, 0) is 31.2 Å². The van der Waals surface area contributed by atoms with Crippen LogP contribution in [0, 0.1) is 0 Å². The summed E-state index contributed by atoms with van der Waals surface area (Å²) in [6.07, 6.45) is 0. The molecule has 15 heavy (non-hydrogen) atoms. The van der Waals surface area contributed by atoms with Gasteiger partial charge in [0.25, 0.3) is 0 Å². The fourth-order valence-electron chi connectivity index (χ4n) is 1.23. The second-order valence-corrected chi connectivity index (χ2v) is 3.15. The molecule has 0 radical (unpaired) electrons. The molecule has 0 fully saturated rings. The Morgan fingerprint density at radius 3 is 2.47 bits per heavy atom. The molecule has 1 rings (SSSR count). The van der Waals surface area contributed by atoms with Crippen LogP contribution in [0.25, 0.3) is 0 Å². The van der Waals surface area contributed by atoms with Crippen LogP contribution < -0.4 is 15.2 Å². The number of nitrogens with one attached hydrogen (secondary N) is 1. The zero-order chi connectivity index (χ0) is 11.3. The third-order valence-electron chi connectivity index (χ3n) is 1.86. The number of carbonyl (C=O) groups excluding carboxylic acids is 1. The van der Waals surface area contributed by atoms with Crippen LogP contribution in [-0.4, -0.2) is 19.6 Å². The van der Waals surface area contributed by atoms with Crippen molar-refractivity contribution >= 4 is 11.6 Å². The van der Waals surface area contributed by atoms with Crippen molar-refractivity contribution in [2.24, 2.45) is 0 Å². The number of hydrogen-bond acceptors (Lipinski definition) is 3. The second kappa shape index (κ2) is 5.24. The minimum atomic E-state index is -0.0913. The fraction of sp³-hybridized carbons (Fsp3) is 0.364. The van der Waals surface area contributed by atoms with Gasteiger partial charge >= 0.3 is 0 Å². The molecule has 0 unspecified atom stereocenters. The van der Waals surface area contributed by atoms with Gasteiger partial charge < -0.3 is 4.74 Å². The molecule has 1 amide bonds. The van der Waals surface area contributed by atoms with Gasteiger partial charge in [-0.25, -0.2) is 0 Å². The topological polar surface area (TPSA) is 41.6 Å². The highest BCUT2D eigenvalue weighted by Crippen LogP contribution is 2.17. The van der Waals surface area contributed by atoms with E-state index < -0.39 is 0 Å². The Balaban J connectivity index is 2.66. The molecule has 0 atom stereocenters. The molecule has 0 aliphatic heterocycles. The van der Waals surface area contributed by atoms with E-state index in [0.29, 0.717) is 6.61 Å². The van der Waals surface area contributed by atoms with Crippen LogP contribution in [0.15, 0.2) is 24.3 Å². The lowest BCUT2D eigenvalue weighted by molar-refractivity contribution is -0.119. The van der Waals surface area contributed by atoms with Crippen molar-refractivity contribution < 1.29 is 9.53 Å². The number of hydrazine groups is 1. The van der Waals surface area contributed by atoms with Gasteiger partial charge in [0.05, 0.1) is 12.3 Å². The van der Waals surface area contributed by atoms with E-state index in [-0.39, 0.29) is 5.91 Å². The summed E-state index contributed by atoms with van der Waals surface area (Å²) in [5.41, 5.74) is 3.57. The Morgan fingerprint density at radius 2 is 2.00 bits per heavy atom. The van der Waals surface area contributed by atoms with E-state index in [1.165, 1.54) is 6.92 Å². The maximum absolute atomic E-state index is 10.8. The Bertz CT molecular complexity index is 322. The van der Waals surface area contributed by atoms with Crippen molar-refractivity contribution in [3.8, 4) is 5.75 Å². The summed E-state index contributed by atoms with van der Waals surface area (Å²) in [6.45, 7) is 4.07. The zero-order valence-corrected chi connectivity index (χ0v) is 9.28. The number of amides is 1. The van der Waals surface area contributed by atoms with E-state index in [2.05, 4.69) is 5.43 Å². The largest absolute Gasteiger partial charge is 0.494 e. The van der Waals surface area contributed by atoms with Gasteiger partial charge in [0.15, 0.2) is 0 Å². The van der Waals surface area contributed by atoms with Crippen molar-refractivity contribution in [2.45, 2.75) is 13.8 Å². The lowest BCUT2D eigenvalue weighted by Gasteiger charge is -2.19. The second-order valence-electron chi connectivity index (χ2n) is 3.15. The molecule has 0 spiro atoms. The SMILES string of the molecule is CCOc1ccc(N(C)NC(C)=O)cc1. The minimum Gasteiger partial charge on any atom is -0.494 e. The Morgan fingerprint density at radius 1 is 1.40 bits per heavy atom. The van der Waals surface area contributed by atoms with Crippen LogP contribution in [-0.2, 0) is 4.79 Å². The summed E-state index contributed by atoms with van der Waals surface area (Å²) in [5, 5.41) is 1.66. The first kappa shape index (κ1) is 11.4. The lowest BCUT2D eigenvalue weighted by atomic mass is 10.3. The molecule has 0 bridgehead atoms. The number of hydrogen-bond donors (Lipinski definition) is 1. The molecule has 4 nitrogen and oxygen atoms in total. The molecule has 0 aliphatic carbocycles. The van der Waals surface area contributed by atoms with Gasteiger partial charge in [-0.15, -0.1) is 0 Å². The number of nitrogens with zero attached hydrogens (tertiary/aromatic N) is 1. The van der Waals surface area contributed by atoms with Gasteiger partial charge in [0.1, 0.15) is 5.75 Å². The van der Waals surface area contributed by atoms with Crippen LogP contribution in [0.4, 0.5) is 5.69 Å². The average Bonchev–Trinajstić information content (AvgIpc) is 2.18. The van der Waals surface area contributed by atoms with Crippen molar-refractivity contribution in [3.05, 3.63) is 24.3 Å². The molecule has 0 heterocycles. The zero-order valence-electron chi connectivity index (χ0n) is 9.28. The third kappa shape index (κ3) is 3.50. The summed E-state index contributed by atoms with van der Waals surface area (Å²) < 4.78 is 5.32. The van der Waals surface area contributed by atoms with Crippen LogP contribution in [0.2, 0.25) is 0 Å². The van der Waals surface area contributed by atoms with E-state index in [9.17, 15) is 4.79 Å². The summed E-state index contributed by atoms with van der Waals surface area (Å²) in [5.74, 6) is 0.740. The first-order valence-corrected chi connectivity index (χ1v) is 4.87. The Kier molecular flexibility index (Phi) is 3.97. The van der Waals surface area contributed by atoms with Crippen LogP contribution in [0.3, 0.4) is 0 Å². The predicted octanol–water partition coefficient (Wildman–Crippen LogP) is 1.57. The van der Waals surface area contributed by atoms with Crippen LogP contribution >= 0.6 is 0 Å². The molecule has 0 saturated carbocycles. The quantitative estimate of drug-likeness (QED) is 0.764. The summed E-state index contributed by atoms with van der Waals surface area (Å²) >= 11 is 0. The standard InChI is InChI=1S/C11H16N2O2/c1-4-15-11-7-5-10(6-8-11)13(3)12-9(2)14/h5-8H,4H2,1-3H3,(H,12,14). The van der Waals surface area contributed by atoms with Crippen molar-refractivity contribution in [1.29, 1.82) is 0 Å². The first-order chi connectivity index (χ1) is 7.13. The molecule has 0 saturated heterocycles. The van der Waals surface area contributed by atoms with Gasteiger partial charge in [-0.3, -0.25) is 15.2 Å². The molecular weight excluding hydrogens is 192 g/mol. The highest BCUT2D eigenvalue weighted by molar-refractivity contribution is 5.75. The number of benzene rings is 1. The van der Waals surface area contributed by atoms with Gasteiger partial charge in [-0.2, -0.15) is 0 Å². The van der Waals surface area contributed by atoms with Crippen molar-refractivity contribution in [1.82, 2.24) is 5.43 Å². The molecular formula is C11H16N2O2. The molecule has 4 heteroatoms. The lowest BCUT2D eigenvalue weighted by Crippen LogP contribution is -2.37. The van der Waals surface area contributed by atoms with Crippen LogP contribution in [0.5, 0.6) is 5.75 Å². The van der Waals surface area contributed by atoms with Gasteiger partial charge in [-0.1, -0.05) is 0 Å². The molecule has 1 N–H and O–H groups in total. The number of anilines is 1. The van der Waals surface area contributed by atoms with E-state index in [1.54, 1.807) is 12.1 Å². The number of ether oxygens (including phenoxy) is 1. The van der Waals surface area contributed by atoms with E-state index >= 15 is 0 Å². The maximum Gasteiger partial charge on any atom is 0.235 e. The van der Waals surface area contributed by atoms with Crippen LogP contribution in [0.1, 0.15) is 13.8 Å². The number of rotatable bonds is 4. The van der Waals surface area contributed by atoms with E-state index in [0.717, 1.165) is 11.4 Å². The average molecular weight is 208 g/mol. The summed E-state index contributed by atoms with van der Waals surface area (Å²) in [6, 6.07) is 7.52. The van der Waals surface area contributed by atoms with Crippen molar-refractivity contribution in [2.75, 3.05) is 18.7 Å². The smallest absolute Gasteiger partial charge is 0.235 e. The highest BCUT2D eigenvalue weighted by Gasteiger charge is 2.01.